The first-order valence-corrected chi connectivity index (χ1v) is 8.74. The van der Waals surface area contributed by atoms with Gasteiger partial charge in [0, 0.05) is 12.2 Å². The van der Waals surface area contributed by atoms with Gasteiger partial charge in [0.05, 0.1) is 56.6 Å². The van der Waals surface area contributed by atoms with Crippen LogP contribution < -0.4 is 5.32 Å². The molecular formula is C13H23N5O4S. The van der Waals surface area contributed by atoms with Gasteiger partial charge in [-0.3, -0.25) is 4.79 Å². The first-order chi connectivity index (χ1) is 10.6. The second-order valence-electron chi connectivity index (χ2n) is 5.89. The van der Waals surface area contributed by atoms with Crippen molar-refractivity contribution < 1.29 is 22.2 Å². The topological polar surface area (TPSA) is 117 Å². The van der Waals surface area contributed by atoms with Crippen LogP contribution in [0.15, 0.2) is 18.9 Å². The van der Waals surface area contributed by atoms with E-state index in [-0.39, 0.29) is 18.2 Å². The van der Waals surface area contributed by atoms with Crippen LogP contribution in [0.3, 0.4) is 0 Å². The van der Waals surface area contributed by atoms with E-state index >= 15 is 0 Å². The molecule has 0 aromatic carbocycles. The van der Waals surface area contributed by atoms with Crippen LogP contribution in [0, 0.1) is 0 Å². The number of hydrogen-bond donors (Lipinski definition) is 1. The van der Waals surface area contributed by atoms with Crippen LogP contribution in [0.4, 0.5) is 0 Å². The van der Waals surface area contributed by atoms with Gasteiger partial charge >= 0.3 is 0 Å². The van der Waals surface area contributed by atoms with Gasteiger partial charge in [0.2, 0.25) is 5.91 Å². The van der Waals surface area contributed by atoms with Crippen molar-refractivity contribution in [3.8, 4) is 0 Å². The number of hydrogen-bond acceptors (Lipinski definition) is 6. The molecule has 1 amide bonds. The van der Waals surface area contributed by atoms with Gasteiger partial charge in [0.25, 0.3) is 0 Å². The zero-order valence-electron chi connectivity index (χ0n) is 13.4. The molecule has 0 bridgehead atoms. The summed E-state index contributed by atoms with van der Waals surface area (Å²) in [5.41, 5.74) is 0.642. The molecule has 0 aliphatic rings. The molecule has 1 N–H and O–H groups in total. The minimum absolute atomic E-state index is 0.273. The molecule has 0 spiro atoms. The highest BCUT2D eigenvalue weighted by Gasteiger charge is 2.16. The number of rotatable bonds is 10. The predicted octanol–water partition coefficient (Wildman–Crippen LogP) is -0.908. The normalized spacial score (nSPS) is 12.1. The van der Waals surface area contributed by atoms with E-state index in [0.29, 0.717) is 36.2 Å². The SMILES string of the molecule is C=CC(=O)NCc1cn(CC[N+](C)(C)CCCS(=O)(=O)[O-])nn1. The van der Waals surface area contributed by atoms with Crippen molar-refractivity contribution in [1.82, 2.24) is 20.3 Å². The van der Waals surface area contributed by atoms with Crippen molar-refractivity contribution in [2.24, 2.45) is 0 Å². The van der Waals surface area contributed by atoms with E-state index in [1.54, 1.807) is 10.9 Å². The molecule has 130 valence electrons. The summed E-state index contributed by atoms with van der Waals surface area (Å²) in [6, 6.07) is 0. The smallest absolute Gasteiger partial charge is 0.243 e. The lowest BCUT2D eigenvalue weighted by atomic mass is 10.3. The number of likely N-dealkylation sites (N-methyl/N-ethyl adjacent to an activating group) is 1. The molecule has 0 atom stereocenters. The lowest BCUT2D eigenvalue weighted by Crippen LogP contribution is -2.43. The number of carbonyl (C=O) groups excluding carboxylic acids is 1. The predicted molar refractivity (Wildman–Crippen MR) is 83.1 cm³/mol. The van der Waals surface area contributed by atoms with E-state index < -0.39 is 10.1 Å². The highest BCUT2D eigenvalue weighted by atomic mass is 32.2. The second-order valence-corrected chi connectivity index (χ2v) is 7.42. The zero-order chi connectivity index (χ0) is 17.5. The van der Waals surface area contributed by atoms with Crippen molar-refractivity contribution in [2.75, 3.05) is 32.9 Å². The fourth-order valence-corrected chi connectivity index (χ4v) is 2.42. The quantitative estimate of drug-likeness (QED) is 0.333. The fourth-order valence-electron chi connectivity index (χ4n) is 1.93. The standard InChI is InChI=1S/C13H23N5O4S/c1-4-13(19)14-10-12-11-17(16-15-12)6-8-18(2,3)7-5-9-23(20,21)22/h4,11H,1,5-10H2,2-3H3,(H-,14,19,20,21,22). The Kier molecular flexibility index (Phi) is 6.85. The van der Waals surface area contributed by atoms with Gasteiger partial charge in [-0.25, -0.2) is 13.1 Å². The Morgan fingerprint density at radius 3 is 2.78 bits per heavy atom. The highest BCUT2D eigenvalue weighted by Crippen LogP contribution is 2.03. The van der Waals surface area contributed by atoms with Crippen LogP contribution >= 0.6 is 0 Å². The fraction of sp³-hybridized carbons (Fsp3) is 0.615. The summed E-state index contributed by atoms with van der Waals surface area (Å²) < 4.78 is 34.1. The van der Waals surface area contributed by atoms with Crippen LogP contribution in [0.5, 0.6) is 0 Å². The Morgan fingerprint density at radius 1 is 1.48 bits per heavy atom. The molecule has 9 nitrogen and oxygen atoms in total. The molecule has 1 aromatic heterocycles. The molecule has 23 heavy (non-hydrogen) atoms. The number of nitrogens with zero attached hydrogens (tertiary/aromatic N) is 4. The van der Waals surface area contributed by atoms with Gasteiger partial charge in [0.1, 0.15) is 5.69 Å². The maximum Gasteiger partial charge on any atom is 0.243 e. The molecule has 0 saturated carbocycles. The van der Waals surface area contributed by atoms with Crippen molar-refractivity contribution in [3.05, 3.63) is 24.5 Å². The zero-order valence-corrected chi connectivity index (χ0v) is 14.3. The van der Waals surface area contributed by atoms with Gasteiger partial charge in [0.15, 0.2) is 0 Å². The van der Waals surface area contributed by atoms with Crippen LogP contribution in [-0.4, -0.2) is 71.3 Å². The number of amides is 1. The molecule has 10 heteroatoms. The van der Waals surface area contributed by atoms with Crippen LogP contribution in [0.25, 0.3) is 0 Å². The van der Waals surface area contributed by atoms with Gasteiger partial charge in [-0.2, -0.15) is 0 Å². The van der Waals surface area contributed by atoms with Crippen LogP contribution in [0.1, 0.15) is 12.1 Å². The minimum Gasteiger partial charge on any atom is -0.748 e. The Bertz CT molecular complexity index is 639. The van der Waals surface area contributed by atoms with Crippen LogP contribution in [-0.2, 0) is 28.0 Å². The molecule has 0 aliphatic heterocycles. The molecule has 0 radical (unpaired) electrons. The van der Waals surface area contributed by atoms with Crippen LogP contribution in [0.2, 0.25) is 0 Å². The van der Waals surface area contributed by atoms with E-state index in [1.165, 1.54) is 6.08 Å². The van der Waals surface area contributed by atoms with Gasteiger partial charge < -0.3 is 14.4 Å². The Hall–Kier alpha value is -1.78. The van der Waals surface area contributed by atoms with E-state index in [1.807, 2.05) is 14.1 Å². The second kappa shape index (κ2) is 8.18. The number of aromatic nitrogens is 3. The molecular weight excluding hydrogens is 322 g/mol. The summed E-state index contributed by atoms with van der Waals surface area (Å²) in [6.07, 6.45) is 3.26. The van der Waals surface area contributed by atoms with Crippen molar-refractivity contribution >= 4 is 16.0 Å². The van der Waals surface area contributed by atoms with Crippen molar-refractivity contribution in [1.29, 1.82) is 0 Å². The average Bonchev–Trinajstić information content (AvgIpc) is 2.89. The first-order valence-electron chi connectivity index (χ1n) is 7.16. The van der Waals surface area contributed by atoms with E-state index in [0.717, 1.165) is 0 Å². The summed E-state index contributed by atoms with van der Waals surface area (Å²) >= 11 is 0. The largest absolute Gasteiger partial charge is 0.748 e. The first kappa shape index (κ1) is 19.3. The van der Waals surface area contributed by atoms with Gasteiger partial charge in [-0.1, -0.05) is 11.8 Å². The monoisotopic (exact) mass is 345 g/mol. The number of quaternary nitrogens is 1. The third kappa shape index (κ3) is 8.43. The minimum atomic E-state index is -4.15. The summed E-state index contributed by atoms with van der Waals surface area (Å²) in [6.45, 7) is 5.53. The number of nitrogens with one attached hydrogen (secondary N) is 1. The summed E-state index contributed by atoms with van der Waals surface area (Å²) in [5, 5.41) is 10.5. The Morgan fingerprint density at radius 2 is 2.17 bits per heavy atom. The van der Waals surface area contributed by atoms with E-state index in [9.17, 15) is 17.8 Å². The van der Waals surface area contributed by atoms with Gasteiger partial charge in [-0.15, -0.1) is 5.10 Å². The third-order valence-electron chi connectivity index (χ3n) is 3.31. The maximum absolute atomic E-state index is 11.1. The summed E-state index contributed by atoms with van der Waals surface area (Å²) in [4.78, 5) is 11.1. The molecule has 1 aromatic rings. The highest BCUT2D eigenvalue weighted by molar-refractivity contribution is 7.85. The van der Waals surface area contributed by atoms with E-state index in [2.05, 4.69) is 22.2 Å². The average molecular weight is 345 g/mol. The Labute approximate surface area is 136 Å². The molecule has 0 unspecified atom stereocenters. The van der Waals surface area contributed by atoms with Gasteiger partial charge in [-0.05, 0) is 6.08 Å². The lowest BCUT2D eigenvalue weighted by Gasteiger charge is -2.29. The lowest BCUT2D eigenvalue weighted by molar-refractivity contribution is -0.891. The molecule has 0 saturated heterocycles. The number of carbonyl (C=O) groups is 1. The van der Waals surface area contributed by atoms with Crippen molar-refractivity contribution in [3.63, 3.8) is 0 Å². The van der Waals surface area contributed by atoms with E-state index in [4.69, 9.17) is 0 Å². The summed E-state index contributed by atoms with van der Waals surface area (Å²) in [7, 11) is -0.239. The molecule has 1 rings (SSSR count). The summed E-state index contributed by atoms with van der Waals surface area (Å²) in [5.74, 6) is -0.615. The maximum atomic E-state index is 11.1. The third-order valence-corrected chi connectivity index (χ3v) is 4.10. The van der Waals surface area contributed by atoms with Crippen molar-refractivity contribution in [2.45, 2.75) is 19.5 Å². The molecule has 0 fully saturated rings. The Balaban J connectivity index is 2.40. The molecule has 1 heterocycles. The molecule has 0 aliphatic carbocycles.